The first-order chi connectivity index (χ1) is 45.4. The van der Waals surface area contributed by atoms with E-state index >= 15 is 0 Å². The van der Waals surface area contributed by atoms with Crippen LogP contribution in [0.4, 0.5) is 0 Å². The molecule has 0 aliphatic carbocycles. The number of unbranched alkanes of at least 4 members (excludes halogenated alkanes) is 39. The summed E-state index contributed by atoms with van der Waals surface area (Å²) in [6, 6.07) is 0. The quantitative estimate of drug-likeness (QED) is 0.0169. The number of phosphoric acid groups is 2. The summed E-state index contributed by atoms with van der Waals surface area (Å²) in [5.41, 5.74) is 0. The molecule has 554 valence electrons. The van der Waals surface area contributed by atoms with Crippen LogP contribution < -0.4 is 0 Å². The van der Waals surface area contributed by atoms with E-state index in [1.54, 1.807) is 0 Å². The number of hydrogen-bond acceptors (Lipinski definition) is 15. The maximum absolute atomic E-state index is 13.1. The van der Waals surface area contributed by atoms with Crippen molar-refractivity contribution in [3.8, 4) is 0 Å². The minimum absolute atomic E-state index is 0.101. The van der Waals surface area contributed by atoms with Crippen LogP contribution in [0.5, 0.6) is 0 Å². The number of ether oxygens (including phenoxy) is 4. The van der Waals surface area contributed by atoms with Crippen molar-refractivity contribution in [2.45, 2.75) is 381 Å². The molecule has 3 N–H and O–H groups in total. The van der Waals surface area contributed by atoms with E-state index in [9.17, 15) is 43.2 Å². The summed E-state index contributed by atoms with van der Waals surface area (Å²) in [7, 11) is -9.92. The van der Waals surface area contributed by atoms with Gasteiger partial charge in [0.2, 0.25) is 0 Å². The second-order valence-electron chi connectivity index (χ2n) is 27.3. The van der Waals surface area contributed by atoms with Gasteiger partial charge in [0.1, 0.15) is 19.3 Å². The number of aliphatic hydroxyl groups is 1. The van der Waals surface area contributed by atoms with Gasteiger partial charge in [0, 0.05) is 25.7 Å². The highest BCUT2D eigenvalue weighted by atomic mass is 31.2. The summed E-state index contributed by atoms with van der Waals surface area (Å²) in [6.45, 7) is 9.42. The monoisotopic (exact) mass is 1380 g/mol. The average molecular weight is 1380 g/mol. The third-order valence-corrected chi connectivity index (χ3v) is 18.7. The molecule has 0 aromatic heterocycles. The summed E-state index contributed by atoms with van der Waals surface area (Å²) >= 11 is 0. The Balaban J connectivity index is 5.27. The van der Waals surface area contributed by atoms with Crippen molar-refractivity contribution in [3.63, 3.8) is 0 Å². The smallest absolute Gasteiger partial charge is 0.462 e. The van der Waals surface area contributed by atoms with Gasteiger partial charge in [-0.1, -0.05) is 310 Å². The Morgan fingerprint density at radius 2 is 0.574 bits per heavy atom. The molecule has 0 aliphatic rings. The standard InChI is InChI=1S/C75H142O17P2/c1-7-9-11-13-15-17-19-21-23-24-25-27-29-31-33-40-47-53-59-74(79)91-70(63-85-72(77)57-51-45-39-32-30-28-26-22-20-18-16-14-12-10-8-2)65-89-93(81,82)87-61-69(76)62-88-94(83,84)90-66-71(64-86-73(78)58-52-46-42-36-38-44-50-56-68(5)6)92-75(80)60-54-48-41-35-34-37-43-49-55-67(3)4/h18,20,22,26,67-71,76H,7-17,19,21,23-25,27-66H2,1-6H3,(H,81,82)(H,83,84)/b20-18-,26-22-/t69-,70-,71-/m1/s1. The van der Waals surface area contributed by atoms with E-state index in [1.165, 1.54) is 154 Å². The lowest BCUT2D eigenvalue weighted by Gasteiger charge is -2.21. The van der Waals surface area contributed by atoms with E-state index in [0.717, 1.165) is 116 Å². The first-order valence-electron chi connectivity index (χ1n) is 38.3. The minimum Gasteiger partial charge on any atom is -0.462 e. The lowest BCUT2D eigenvalue weighted by Crippen LogP contribution is -2.30. The molecule has 0 aliphatic heterocycles. The van der Waals surface area contributed by atoms with Gasteiger partial charge < -0.3 is 33.8 Å². The van der Waals surface area contributed by atoms with Crippen LogP contribution in [0.3, 0.4) is 0 Å². The van der Waals surface area contributed by atoms with Crippen molar-refractivity contribution in [2.75, 3.05) is 39.6 Å². The molecule has 0 bridgehead atoms. The molecule has 0 saturated carbocycles. The predicted octanol–water partition coefficient (Wildman–Crippen LogP) is 21.5. The topological polar surface area (TPSA) is 237 Å². The van der Waals surface area contributed by atoms with E-state index in [-0.39, 0.29) is 25.7 Å². The fourth-order valence-electron chi connectivity index (χ4n) is 10.9. The SMILES string of the molecule is CCCCCC/C=C\C=C/CCCCCCCC(=O)OC[C@H](COP(=O)(O)OC[C@@H](O)COP(=O)(O)OC[C@@H](COC(=O)CCCCCCCCCC(C)C)OC(=O)CCCCCCCCCCC(C)C)OC(=O)CCCCCCCCCCCCCCCCCCCC. The Labute approximate surface area is 573 Å². The highest BCUT2D eigenvalue weighted by molar-refractivity contribution is 7.47. The largest absolute Gasteiger partial charge is 0.472 e. The van der Waals surface area contributed by atoms with Gasteiger partial charge in [-0.15, -0.1) is 0 Å². The van der Waals surface area contributed by atoms with Crippen molar-refractivity contribution in [1.82, 2.24) is 0 Å². The zero-order chi connectivity index (χ0) is 69.3. The van der Waals surface area contributed by atoms with Gasteiger partial charge in [0.25, 0.3) is 0 Å². The lowest BCUT2D eigenvalue weighted by molar-refractivity contribution is -0.161. The number of rotatable bonds is 72. The number of esters is 4. The number of aliphatic hydroxyl groups excluding tert-OH is 1. The van der Waals surface area contributed by atoms with Gasteiger partial charge in [0.05, 0.1) is 26.4 Å². The van der Waals surface area contributed by atoms with Crippen LogP contribution in [0.2, 0.25) is 0 Å². The van der Waals surface area contributed by atoms with E-state index in [1.807, 2.05) is 0 Å². The van der Waals surface area contributed by atoms with Crippen molar-refractivity contribution in [3.05, 3.63) is 24.3 Å². The molecule has 0 spiro atoms. The Hall–Kier alpha value is -2.46. The number of carbonyl (C=O) groups is 4. The van der Waals surface area contributed by atoms with Crippen LogP contribution in [0, 0.1) is 11.8 Å². The Morgan fingerprint density at radius 1 is 0.330 bits per heavy atom. The summed E-state index contributed by atoms with van der Waals surface area (Å²) in [5.74, 6) is -0.731. The third kappa shape index (κ3) is 68.1. The highest BCUT2D eigenvalue weighted by Gasteiger charge is 2.30. The molecule has 0 rings (SSSR count). The van der Waals surface area contributed by atoms with Crippen molar-refractivity contribution in [2.24, 2.45) is 11.8 Å². The molecule has 17 nitrogen and oxygen atoms in total. The molecule has 0 aromatic carbocycles. The van der Waals surface area contributed by atoms with Crippen molar-refractivity contribution >= 4 is 39.5 Å². The fourth-order valence-corrected chi connectivity index (χ4v) is 12.5. The average Bonchev–Trinajstić information content (AvgIpc) is 1.51. The molecule has 0 saturated heterocycles. The maximum atomic E-state index is 13.1. The maximum Gasteiger partial charge on any atom is 0.472 e. The normalized spacial score (nSPS) is 14.2. The van der Waals surface area contributed by atoms with Gasteiger partial charge in [-0.2, -0.15) is 0 Å². The molecule has 5 atom stereocenters. The Morgan fingerprint density at radius 3 is 0.872 bits per heavy atom. The van der Waals surface area contributed by atoms with Gasteiger partial charge in [-0.25, -0.2) is 9.13 Å². The molecule has 0 fully saturated rings. The van der Waals surface area contributed by atoms with Crippen LogP contribution in [0.15, 0.2) is 24.3 Å². The summed E-state index contributed by atoms with van der Waals surface area (Å²) in [6.07, 6.45) is 56.5. The third-order valence-electron chi connectivity index (χ3n) is 16.8. The van der Waals surface area contributed by atoms with E-state index in [4.69, 9.17) is 37.0 Å². The summed E-state index contributed by atoms with van der Waals surface area (Å²) in [5, 5.41) is 10.6. The number of carbonyl (C=O) groups excluding carboxylic acids is 4. The zero-order valence-corrected chi connectivity index (χ0v) is 62.5. The van der Waals surface area contributed by atoms with Crippen LogP contribution in [0.25, 0.3) is 0 Å². The first kappa shape index (κ1) is 91.5. The lowest BCUT2D eigenvalue weighted by atomic mass is 10.0. The molecule has 0 amide bonds. The fraction of sp³-hybridized carbons (Fsp3) is 0.893. The van der Waals surface area contributed by atoms with Gasteiger partial charge in [-0.3, -0.25) is 37.3 Å². The second kappa shape index (κ2) is 66.4. The molecular weight excluding hydrogens is 1230 g/mol. The highest BCUT2D eigenvalue weighted by Crippen LogP contribution is 2.45. The first-order valence-corrected chi connectivity index (χ1v) is 41.3. The number of allylic oxidation sites excluding steroid dienone is 4. The Kier molecular flexibility index (Phi) is 64.7. The Bertz CT molecular complexity index is 1910. The van der Waals surface area contributed by atoms with E-state index < -0.39 is 97.5 Å². The number of hydrogen-bond donors (Lipinski definition) is 3. The molecule has 0 aromatic rings. The number of phosphoric ester groups is 2. The second-order valence-corrected chi connectivity index (χ2v) is 30.2. The molecule has 19 heteroatoms. The zero-order valence-electron chi connectivity index (χ0n) is 60.7. The van der Waals surface area contributed by atoms with Crippen molar-refractivity contribution < 1.29 is 80.2 Å². The van der Waals surface area contributed by atoms with Crippen LogP contribution in [0.1, 0.15) is 363 Å². The molecule has 2 unspecified atom stereocenters. The summed E-state index contributed by atoms with van der Waals surface area (Å²) < 4.78 is 68.4. The molecule has 0 radical (unpaired) electrons. The summed E-state index contributed by atoms with van der Waals surface area (Å²) in [4.78, 5) is 72.7. The van der Waals surface area contributed by atoms with E-state index in [2.05, 4.69) is 65.8 Å². The van der Waals surface area contributed by atoms with Gasteiger partial charge in [-0.05, 0) is 63.2 Å². The van der Waals surface area contributed by atoms with Crippen LogP contribution in [-0.2, 0) is 65.4 Å². The molecule has 0 heterocycles. The minimum atomic E-state index is -4.96. The van der Waals surface area contributed by atoms with Gasteiger partial charge >= 0.3 is 39.5 Å². The van der Waals surface area contributed by atoms with Crippen molar-refractivity contribution in [1.29, 1.82) is 0 Å². The van der Waals surface area contributed by atoms with Gasteiger partial charge in [0.15, 0.2) is 12.2 Å². The molecule has 94 heavy (non-hydrogen) atoms. The van der Waals surface area contributed by atoms with Crippen LogP contribution >= 0.6 is 15.6 Å². The van der Waals surface area contributed by atoms with E-state index in [0.29, 0.717) is 37.5 Å². The van der Waals surface area contributed by atoms with Crippen LogP contribution in [-0.4, -0.2) is 96.7 Å². The predicted molar refractivity (Wildman–Crippen MR) is 381 cm³/mol. The molecular formula is C75H142O17P2.